The molecule has 2 fully saturated rings. The second-order valence-corrected chi connectivity index (χ2v) is 8.19. The van der Waals surface area contributed by atoms with Crippen LogP contribution in [0.3, 0.4) is 0 Å². The van der Waals surface area contributed by atoms with Gasteiger partial charge in [0, 0.05) is 25.2 Å². The van der Waals surface area contributed by atoms with Crippen molar-refractivity contribution >= 4 is 30.4 Å². The molecule has 0 radical (unpaired) electrons. The molecule has 0 unspecified atom stereocenters. The maximum Gasteiger partial charge on any atom is 0.334 e. The third-order valence-corrected chi connectivity index (χ3v) is 6.05. The van der Waals surface area contributed by atoms with E-state index in [-0.39, 0.29) is 31.3 Å². The van der Waals surface area contributed by atoms with Gasteiger partial charge in [0.1, 0.15) is 12.4 Å². The maximum atomic E-state index is 13.0. The van der Waals surface area contributed by atoms with Crippen molar-refractivity contribution in [3.63, 3.8) is 0 Å². The van der Waals surface area contributed by atoms with Crippen LogP contribution >= 0.6 is 12.4 Å². The number of halogens is 1. The Morgan fingerprint density at radius 2 is 1.77 bits per heavy atom. The molecule has 0 bridgehead atoms. The molecule has 0 spiro atoms. The summed E-state index contributed by atoms with van der Waals surface area (Å²) in [5, 5.41) is 3.04. The van der Waals surface area contributed by atoms with Gasteiger partial charge in [-0.15, -0.1) is 12.4 Å². The molecule has 1 saturated heterocycles. The highest BCUT2D eigenvalue weighted by Gasteiger charge is 2.36. The number of fused-ring (bicyclic) bond motifs is 1. The van der Waals surface area contributed by atoms with Crippen LogP contribution in [0.25, 0.3) is 6.08 Å². The number of hydrogen-bond acceptors (Lipinski definition) is 5. The van der Waals surface area contributed by atoms with Crippen molar-refractivity contribution in [2.45, 2.75) is 39.0 Å². The molecule has 1 N–H and O–H groups in total. The highest BCUT2D eigenvalue weighted by atomic mass is 35.5. The van der Waals surface area contributed by atoms with Gasteiger partial charge in [-0.2, -0.15) is 0 Å². The Labute approximate surface area is 191 Å². The number of benzene rings is 1. The molecule has 172 valence electrons. The monoisotopic (exact) mass is 450 g/mol. The standard InChI is InChI=1S/C24H34N2O4.ClH/c1-3-29-24(28)21(14-18-8-10-22(11-9-18)30-13-12-25-2)15-23(27)26-16-19-6-4-5-7-20(19)17-26;/h8-11,14,19-20,25H,3-7,12-13,15-17H2,1-2H3;1H/b21-14+;/t19-,20+;. The van der Waals surface area contributed by atoms with Crippen molar-refractivity contribution in [2.24, 2.45) is 11.8 Å². The van der Waals surface area contributed by atoms with Crippen LogP contribution in [0.5, 0.6) is 5.75 Å². The first-order valence-corrected chi connectivity index (χ1v) is 11.1. The maximum absolute atomic E-state index is 13.0. The van der Waals surface area contributed by atoms with E-state index in [1.165, 1.54) is 25.7 Å². The molecule has 1 aromatic carbocycles. The SMILES string of the molecule is CCOC(=O)/C(=C/c1ccc(OCCNC)cc1)CC(=O)N1C[C@H]2CCCC[C@H]2C1.Cl. The number of esters is 1. The van der Waals surface area contributed by atoms with Gasteiger partial charge in [0.25, 0.3) is 0 Å². The molecule has 1 saturated carbocycles. The fourth-order valence-electron chi connectivity index (χ4n) is 4.42. The van der Waals surface area contributed by atoms with Crippen molar-refractivity contribution in [3.8, 4) is 5.75 Å². The lowest BCUT2D eigenvalue weighted by molar-refractivity contribution is -0.140. The molecule has 1 aliphatic heterocycles. The summed E-state index contributed by atoms with van der Waals surface area (Å²) in [5.41, 5.74) is 1.25. The van der Waals surface area contributed by atoms with E-state index in [0.29, 0.717) is 24.0 Å². The van der Waals surface area contributed by atoms with Crippen molar-refractivity contribution < 1.29 is 19.1 Å². The van der Waals surface area contributed by atoms with Gasteiger partial charge in [-0.1, -0.05) is 25.0 Å². The van der Waals surface area contributed by atoms with Gasteiger partial charge >= 0.3 is 5.97 Å². The summed E-state index contributed by atoms with van der Waals surface area (Å²) in [5.74, 6) is 1.64. The van der Waals surface area contributed by atoms with Gasteiger partial charge in [0.15, 0.2) is 0 Å². The van der Waals surface area contributed by atoms with Gasteiger partial charge in [0.05, 0.1) is 13.0 Å². The zero-order valence-electron chi connectivity index (χ0n) is 18.6. The van der Waals surface area contributed by atoms with Gasteiger partial charge in [-0.05, 0) is 62.4 Å². The van der Waals surface area contributed by atoms with E-state index in [1.54, 1.807) is 13.0 Å². The molecule has 0 aromatic heterocycles. The number of hydrogen-bond donors (Lipinski definition) is 1. The molecule has 6 nitrogen and oxygen atoms in total. The summed E-state index contributed by atoms with van der Waals surface area (Å²) in [6, 6.07) is 7.53. The van der Waals surface area contributed by atoms with Crippen LogP contribution in [0.1, 0.15) is 44.6 Å². The minimum absolute atomic E-state index is 0. The molecule has 3 rings (SSSR count). The van der Waals surface area contributed by atoms with Crippen LogP contribution in [-0.4, -0.2) is 56.7 Å². The molecule has 7 heteroatoms. The fraction of sp³-hybridized carbons (Fsp3) is 0.583. The number of carbonyl (C=O) groups is 2. The first-order chi connectivity index (χ1) is 14.6. The minimum atomic E-state index is -0.420. The number of nitrogens with one attached hydrogen (secondary N) is 1. The molecule has 1 aliphatic carbocycles. The van der Waals surface area contributed by atoms with E-state index in [9.17, 15) is 9.59 Å². The number of likely N-dealkylation sites (N-methyl/N-ethyl adjacent to an activating group) is 1. The number of nitrogens with zero attached hydrogens (tertiary/aromatic N) is 1. The van der Waals surface area contributed by atoms with Gasteiger partial charge in [0.2, 0.25) is 5.91 Å². The second kappa shape index (κ2) is 12.7. The van der Waals surface area contributed by atoms with Crippen molar-refractivity contribution in [3.05, 3.63) is 35.4 Å². The highest BCUT2D eigenvalue weighted by Crippen LogP contribution is 2.36. The van der Waals surface area contributed by atoms with E-state index in [0.717, 1.165) is 30.9 Å². The van der Waals surface area contributed by atoms with Crippen molar-refractivity contribution in [2.75, 3.05) is 39.9 Å². The third-order valence-electron chi connectivity index (χ3n) is 6.05. The van der Waals surface area contributed by atoms with Crippen molar-refractivity contribution in [1.82, 2.24) is 10.2 Å². The fourth-order valence-corrected chi connectivity index (χ4v) is 4.42. The van der Waals surface area contributed by atoms with Crippen LogP contribution in [-0.2, 0) is 14.3 Å². The quantitative estimate of drug-likeness (QED) is 0.353. The molecule has 1 amide bonds. The van der Waals surface area contributed by atoms with Crippen LogP contribution in [0.2, 0.25) is 0 Å². The van der Waals surface area contributed by atoms with Gasteiger partial charge in [-0.3, -0.25) is 4.79 Å². The lowest BCUT2D eigenvalue weighted by Gasteiger charge is -2.22. The first kappa shape index (κ1) is 25.2. The number of likely N-dealkylation sites (tertiary alicyclic amines) is 1. The average molecular weight is 451 g/mol. The normalized spacial score (nSPS) is 20.6. The summed E-state index contributed by atoms with van der Waals surface area (Å²) in [7, 11) is 1.88. The Hall–Kier alpha value is -2.05. The summed E-state index contributed by atoms with van der Waals surface area (Å²) < 4.78 is 10.8. The Morgan fingerprint density at radius 1 is 1.13 bits per heavy atom. The molecule has 2 atom stereocenters. The van der Waals surface area contributed by atoms with E-state index in [1.807, 2.05) is 36.2 Å². The lowest BCUT2D eigenvalue weighted by Crippen LogP contribution is -2.30. The molecule has 1 aromatic rings. The van der Waals surface area contributed by atoms with E-state index in [2.05, 4.69) is 5.32 Å². The minimum Gasteiger partial charge on any atom is -0.492 e. The van der Waals surface area contributed by atoms with Gasteiger partial charge < -0.3 is 19.7 Å². The molecule has 31 heavy (non-hydrogen) atoms. The van der Waals surface area contributed by atoms with E-state index >= 15 is 0 Å². The summed E-state index contributed by atoms with van der Waals surface area (Å²) in [6.45, 7) is 5.09. The Morgan fingerprint density at radius 3 is 2.35 bits per heavy atom. The van der Waals surface area contributed by atoms with Crippen LogP contribution in [0, 0.1) is 11.8 Å². The Bertz CT molecular complexity index is 736. The van der Waals surface area contributed by atoms with Crippen LogP contribution < -0.4 is 10.1 Å². The topological polar surface area (TPSA) is 67.9 Å². The smallest absolute Gasteiger partial charge is 0.334 e. The Kier molecular flexibility index (Phi) is 10.3. The Balaban J connectivity index is 0.00000341. The summed E-state index contributed by atoms with van der Waals surface area (Å²) in [4.78, 5) is 27.4. The highest BCUT2D eigenvalue weighted by molar-refractivity contribution is 5.99. The van der Waals surface area contributed by atoms with E-state index in [4.69, 9.17) is 9.47 Å². The predicted octanol–water partition coefficient (Wildman–Crippen LogP) is 3.69. The van der Waals surface area contributed by atoms with Crippen molar-refractivity contribution in [1.29, 1.82) is 0 Å². The van der Waals surface area contributed by atoms with E-state index < -0.39 is 5.97 Å². The number of rotatable bonds is 9. The van der Waals surface area contributed by atoms with Crippen LogP contribution in [0.15, 0.2) is 29.8 Å². The van der Waals surface area contributed by atoms with Gasteiger partial charge in [-0.25, -0.2) is 4.79 Å². The number of amides is 1. The summed E-state index contributed by atoms with van der Waals surface area (Å²) in [6.07, 6.45) is 6.82. The summed E-state index contributed by atoms with van der Waals surface area (Å²) >= 11 is 0. The lowest BCUT2D eigenvalue weighted by atomic mass is 9.82. The predicted molar refractivity (Wildman–Crippen MR) is 124 cm³/mol. The molecule has 1 heterocycles. The number of carbonyl (C=O) groups excluding carboxylic acids is 2. The molecular weight excluding hydrogens is 416 g/mol. The zero-order chi connectivity index (χ0) is 21.3. The first-order valence-electron chi connectivity index (χ1n) is 11.1. The second-order valence-electron chi connectivity index (χ2n) is 8.19. The number of ether oxygens (including phenoxy) is 2. The molecular formula is C24H35ClN2O4. The third kappa shape index (κ3) is 7.25. The molecule has 2 aliphatic rings. The van der Waals surface area contributed by atoms with Crippen LogP contribution in [0.4, 0.5) is 0 Å². The largest absolute Gasteiger partial charge is 0.492 e. The zero-order valence-corrected chi connectivity index (χ0v) is 19.4. The average Bonchev–Trinajstić information content (AvgIpc) is 3.19.